The molecule has 0 aliphatic rings. The van der Waals surface area contributed by atoms with Gasteiger partial charge in [0, 0.05) is 12.6 Å². The lowest BCUT2D eigenvalue weighted by Gasteiger charge is -2.10. The van der Waals surface area contributed by atoms with Crippen molar-refractivity contribution in [3.63, 3.8) is 0 Å². The Kier molecular flexibility index (Phi) is 4.28. The van der Waals surface area contributed by atoms with Crippen LogP contribution in [0.4, 0.5) is 0 Å². The molecule has 0 aromatic carbocycles. The molecule has 0 aliphatic heterocycles. The Hall–Kier alpha value is -0.510. The van der Waals surface area contributed by atoms with Gasteiger partial charge in [0.2, 0.25) is 0 Å². The predicted molar refractivity (Wildman–Crippen MR) is 51.7 cm³/mol. The SMILES string of the molecule is C[C@H](CCO)NCc1ccc(Cl)o1. The Balaban J connectivity index is 2.26. The van der Waals surface area contributed by atoms with Crippen LogP contribution in [0.5, 0.6) is 0 Å². The minimum Gasteiger partial charge on any atom is -0.448 e. The largest absolute Gasteiger partial charge is 0.448 e. The third-order valence-corrected chi connectivity index (χ3v) is 2.02. The highest BCUT2D eigenvalue weighted by molar-refractivity contribution is 6.28. The van der Waals surface area contributed by atoms with E-state index in [1.807, 2.05) is 13.0 Å². The van der Waals surface area contributed by atoms with Crippen LogP contribution in [0.2, 0.25) is 5.22 Å². The van der Waals surface area contributed by atoms with Gasteiger partial charge in [-0.15, -0.1) is 0 Å². The van der Waals surface area contributed by atoms with E-state index in [0.29, 0.717) is 11.8 Å². The second kappa shape index (κ2) is 5.27. The fourth-order valence-corrected chi connectivity index (χ4v) is 1.18. The smallest absolute Gasteiger partial charge is 0.193 e. The molecule has 2 N–H and O–H groups in total. The Labute approximate surface area is 82.7 Å². The molecular formula is C9H14ClNO2. The number of aliphatic hydroxyl groups excluding tert-OH is 1. The highest BCUT2D eigenvalue weighted by Gasteiger charge is 2.02. The van der Waals surface area contributed by atoms with Gasteiger partial charge in [-0.25, -0.2) is 0 Å². The summed E-state index contributed by atoms with van der Waals surface area (Å²) in [4.78, 5) is 0. The van der Waals surface area contributed by atoms with Crippen molar-refractivity contribution in [1.29, 1.82) is 0 Å². The van der Waals surface area contributed by atoms with Crippen molar-refractivity contribution in [1.82, 2.24) is 5.32 Å². The second-order valence-electron chi connectivity index (χ2n) is 3.00. The van der Waals surface area contributed by atoms with E-state index in [4.69, 9.17) is 21.1 Å². The van der Waals surface area contributed by atoms with Crippen molar-refractivity contribution < 1.29 is 9.52 Å². The summed E-state index contributed by atoms with van der Waals surface area (Å²) >= 11 is 5.60. The monoisotopic (exact) mass is 203 g/mol. The van der Waals surface area contributed by atoms with Gasteiger partial charge in [0.05, 0.1) is 6.54 Å². The number of furan rings is 1. The van der Waals surface area contributed by atoms with Gasteiger partial charge in [0.1, 0.15) is 5.76 Å². The number of halogens is 1. The molecule has 1 aromatic rings. The van der Waals surface area contributed by atoms with Crippen LogP contribution in [0.25, 0.3) is 0 Å². The van der Waals surface area contributed by atoms with E-state index in [2.05, 4.69) is 5.32 Å². The van der Waals surface area contributed by atoms with Crippen LogP contribution in [-0.4, -0.2) is 17.8 Å². The molecule has 1 rings (SSSR count). The zero-order valence-corrected chi connectivity index (χ0v) is 8.34. The normalized spacial score (nSPS) is 13.2. The summed E-state index contributed by atoms with van der Waals surface area (Å²) in [6, 6.07) is 3.84. The first-order valence-corrected chi connectivity index (χ1v) is 4.68. The molecule has 74 valence electrons. The van der Waals surface area contributed by atoms with E-state index in [1.165, 1.54) is 0 Å². The molecule has 1 heterocycles. The maximum Gasteiger partial charge on any atom is 0.193 e. The maximum absolute atomic E-state index is 8.65. The Bertz CT molecular complexity index is 250. The number of rotatable bonds is 5. The molecule has 0 fully saturated rings. The van der Waals surface area contributed by atoms with Gasteiger partial charge in [-0.05, 0) is 37.1 Å². The molecule has 0 radical (unpaired) electrons. The van der Waals surface area contributed by atoms with Gasteiger partial charge in [0.25, 0.3) is 0 Å². The number of hydrogen-bond acceptors (Lipinski definition) is 3. The summed E-state index contributed by atoms with van der Waals surface area (Å²) in [6.45, 7) is 2.86. The number of nitrogens with one attached hydrogen (secondary N) is 1. The Morgan fingerprint density at radius 2 is 2.38 bits per heavy atom. The van der Waals surface area contributed by atoms with Gasteiger partial charge in [0.15, 0.2) is 5.22 Å². The lowest BCUT2D eigenvalue weighted by molar-refractivity contribution is 0.267. The lowest BCUT2D eigenvalue weighted by Crippen LogP contribution is -2.26. The minimum absolute atomic E-state index is 0.201. The molecule has 3 nitrogen and oxygen atoms in total. The van der Waals surface area contributed by atoms with Gasteiger partial charge >= 0.3 is 0 Å². The molecule has 0 aliphatic carbocycles. The van der Waals surface area contributed by atoms with E-state index in [0.717, 1.165) is 12.2 Å². The number of aliphatic hydroxyl groups is 1. The summed E-state index contributed by atoms with van der Waals surface area (Å²) in [5.74, 6) is 0.815. The van der Waals surface area contributed by atoms with Gasteiger partial charge < -0.3 is 14.8 Å². The molecule has 0 bridgehead atoms. The fraction of sp³-hybridized carbons (Fsp3) is 0.556. The summed E-state index contributed by atoms with van der Waals surface area (Å²) in [5.41, 5.74) is 0. The van der Waals surface area contributed by atoms with Crippen molar-refractivity contribution >= 4 is 11.6 Å². The average molecular weight is 204 g/mol. The zero-order chi connectivity index (χ0) is 9.68. The molecule has 1 aromatic heterocycles. The minimum atomic E-state index is 0.201. The van der Waals surface area contributed by atoms with Crippen LogP contribution >= 0.6 is 11.6 Å². The number of hydrogen-bond donors (Lipinski definition) is 2. The van der Waals surface area contributed by atoms with E-state index in [-0.39, 0.29) is 12.6 Å². The second-order valence-corrected chi connectivity index (χ2v) is 3.37. The predicted octanol–water partition coefficient (Wildman–Crippen LogP) is 1.79. The summed E-state index contributed by atoms with van der Waals surface area (Å²) in [7, 11) is 0. The van der Waals surface area contributed by atoms with Crippen molar-refractivity contribution in [3.05, 3.63) is 23.1 Å². The first-order valence-electron chi connectivity index (χ1n) is 4.31. The first-order chi connectivity index (χ1) is 6.22. The van der Waals surface area contributed by atoms with Gasteiger partial charge in [-0.2, -0.15) is 0 Å². The molecule has 0 saturated heterocycles. The van der Waals surface area contributed by atoms with E-state index in [1.54, 1.807) is 6.07 Å². The molecule has 0 amide bonds. The fourth-order valence-electron chi connectivity index (χ4n) is 1.02. The molecule has 0 unspecified atom stereocenters. The van der Waals surface area contributed by atoms with Gasteiger partial charge in [-0.1, -0.05) is 0 Å². The summed E-state index contributed by atoms with van der Waals surface area (Å²) < 4.78 is 5.15. The maximum atomic E-state index is 8.65. The van der Waals surface area contributed by atoms with Crippen LogP contribution in [0.1, 0.15) is 19.1 Å². The van der Waals surface area contributed by atoms with Crippen LogP contribution in [-0.2, 0) is 6.54 Å². The Morgan fingerprint density at radius 1 is 1.62 bits per heavy atom. The highest BCUT2D eigenvalue weighted by atomic mass is 35.5. The molecule has 0 saturated carbocycles. The topological polar surface area (TPSA) is 45.4 Å². The van der Waals surface area contributed by atoms with Crippen LogP contribution in [0.3, 0.4) is 0 Å². The standard InChI is InChI=1S/C9H14ClNO2/c1-7(4-5-12)11-6-8-2-3-9(10)13-8/h2-3,7,11-12H,4-6H2,1H3/t7-/m1/s1. The van der Waals surface area contributed by atoms with Crippen molar-refractivity contribution in [2.75, 3.05) is 6.61 Å². The summed E-state index contributed by atoms with van der Waals surface area (Å²) in [6.07, 6.45) is 0.744. The highest BCUT2D eigenvalue weighted by Crippen LogP contribution is 2.12. The third kappa shape index (κ3) is 3.81. The first kappa shape index (κ1) is 10.6. The quantitative estimate of drug-likeness (QED) is 0.767. The molecular weight excluding hydrogens is 190 g/mol. The van der Waals surface area contributed by atoms with Crippen LogP contribution in [0.15, 0.2) is 16.5 Å². The molecule has 1 atom stereocenters. The molecule has 4 heteroatoms. The third-order valence-electron chi connectivity index (χ3n) is 1.82. The van der Waals surface area contributed by atoms with Crippen molar-refractivity contribution in [2.45, 2.75) is 25.9 Å². The lowest BCUT2D eigenvalue weighted by atomic mass is 10.2. The zero-order valence-electron chi connectivity index (χ0n) is 7.59. The van der Waals surface area contributed by atoms with E-state index >= 15 is 0 Å². The molecule has 13 heavy (non-hydrogen) atoms. The van der Waals surface area contributed by atoms with Crippen molar-refractivity contribution in [3.8, 4) is 0 Å². The molecule has 0 spiro atoms. The van der Waals surface area contributed by atoms with E-state index < -0.39 is 0 Å². The Morgan fingerprint density at radius 3 is 2.92 bits per heavy atom. The van der Waals surface area contributed by atoms with Crippen molar-refractivity contribution in [2.24, 2.45) is 0 Å². The van der Waals surface area contributed by atoms with Crippen LogP contribution < -0.4 is 5.32 Å². The van der Waals surface area contributed by atoms with E-state index in [9.17, 15) is 0 Å². The van der Waals surface area contributed by atoms with Crippen LogP contribution in [0, 0.1) is 0 Å². The summed E-state index contributed by atoms with van der Waals surface area (Å²) in [5, 5.41) is 12.3. The average Bonchev–Trinajstić information content (AvgIpc) is 2.49. The van der Waals surface area contributed by atoms with Gasteiger partial charge in [-0.3, -0.25) is 0 Å².